The highest BCUT2D eigenvalue weighted by molar-refractivity contribution is 7.12. The van der Waals surface area contributed by atoms with Crippen molar-refractivity contribution in [3.05, 3.63) is 33.0 Å². The fraction of sp³-hybridized carbons (Fsp3) is 0.500. The first-order valence-corrected chi connectivity index (χ1v) is 6.98. The van der Waals surface area contributed by atoms with Crippen molar-refractivity contribution in [2.24, 2.45) is 0 Å². The maximum absolute atomic E-state index is 6.13. The zero-order valence-electron chi connectivity index (χ0n) is 10.3. The number of rotatable bonds is 4. The highest BCUT2D eigenvalue weighted by Gasteiger charge is 2.18. The molecular weight excluding hydrogens is 254 g/mol. The average Bonchev–Trinajstić information content (AvgIpc) is 2.86. The van der Waals surface area contributed by atoms with Crippen LogP contribution in [-0.2, 0) is 6.42 Å². The Morgan fingerprint density at radius 2 is 2.18 bits per heavy atom. The number of halogens is 1. The summed E-state index contributed by atoms with van der Waals surface area (Å²) in [6, 6.07) is 4.49. The van der Waals surface area contributed by atoms with Crippen LogP contribution in [0.3, 0.4) is 0 Å². The second kappa shape index (κ2) is 5.19. The van der Waals surface area contributed by atoms with Gasteiger partial charge >= 0.3 is 0 Å². The van der Waals surface area contributed by atoms with Crippen LogP contribution in [0.5, 0.6) is 0 Å². The van der Waals surface area contributed by atoms with Gasteiger partial charge in [-0.3, -0.25) is 4.57 Å². The lowest BCUT2D eigenvalue weighted by Crippen LogP contribution is -2.09. The molecule has 0 aliphatic rings. The fourth-order valence-electron chi connectivity index (χ4n) is 1.88. The molecule has 0 spiro atoms. The van der Waals surface area contributed by atoms with E-state index in [2.05, 4.69) is 43.1 Å². The number of thiophene rings is 1. The standard InChI is InChI=1S/C12H16ClN3S/c1-4-5-11-14-15-12(13)16(11)9(3)10-7-6-8(2)17-10/h6-7,9H,4-5H2,1-3H3. The zero-order valence-corrected chi connectivity index (χ0v) is 11.8. The van der Waals surface area contributed by atoms with Gasteiger partial charge in [-0.15, -0.1) is 21.5 Å². The van der Waals surface area contributed by atoms with Gasteiger partial charge in [-0.25, -0.2) is 0 Å². The second-order valence-electron chi connectivity index (χ2n) is 4.13. The predicted octanol–water partition coefficient (Wildman–Crippen LogP) is 3.86. The molecule has 0 aliphatic heterocycles. The van der Waals surface area contributed by atoms with Gasteiger partial charge in [0.1, 0.15) is 5.82 Å². The van der Waals surface area contributed by atoms with Crippen molar-refractivity contribution in [1.82, 2.24) is 14.8 Å². The van der Waals surface area contributed by atoms with Crippen LogP contribution in [0.1, 0.15) is 41.9 Å². The van der Waals surface area contributed by atoms with Gasteiger partial charge in [0.05, 0.1) is 6.04 Å². The van der Waals surface area contributed by atoms with E-state index in [9.17, 15) is 0 Å². The van der Waals surface area contributed by atoms with Crippen molar-refractivity contribution >= 4 is 22.9 Å². The summed E-state index contributed by atoms with van der Waals surface area (Å²) in [6.07, 6.45) is 1.96. The third-order valence-corrected chi connectivity index (χ3v) is 4.19. The van der Waals surface area contributed by atoms with Gasteiger partial charge in [0.25, 0.3) is 0 Å². The Morgan fingerprint density at radius 1 is 1.41 bits per heavy atom. The summed E-state index contributed by atoms with van der Waals surface area (Å²) < 4.78 is 2.02. The van der Waals surface area contributed by atoms with E-state index in [4.69, 9.17) is 11.6 Å². The molecule has 1 atom stereocenters. The van der Waals surface area contributed by atoms with Crippen molar-refractivity contribution in [2.45, 2.75) is 39.7 Å². The van der Waals surface area contributed by atoms with E-state index in [-0.39, 0.29) is 6.04 Å². The zero-order chi connectivity index (χ0) is 12.4. The summed E-state index contributed by atoms with van der Waals surface area (Å²) in [6.45, 7) is 6.38. The first-order valence-electron chi connectivity index (χ1n) is 5.79. The summed E-state index contributed by atoms with van der Waals surface area (Å²) in [5, 5.41) is 8.59. The lowest BCUT2D eigenvalue weighted by Gasteiger charge is -2.14. The Balaban J connectivity index is 2.35. The SMILES string of the molecule is CCCc1nnc(Cl)n1C(C)c1ccc(C)s1. The number of hydrogen-bond acceptors (Lipinski definition) is 3. The quantitative estimate of drug-likeness (QED) is 0.844. The Morgan fingerprint density at radius 3 is 2.76 bits per heavy atom. The molecular formula is C12H16ClN3S. The van der Waals surface area contributed by atoms with Gasteiger partial charge in [-0.05, 0) is 44.0 Å². The molecule has 2 rings (SSSR count). The molecule has 0 saturated heterocycles. The Bertz CT molecular complexity index is 504. The molecule has 0 aliphatic carbocycles. The third kappa shape index (κ3) is 2.53. The molecule has 17 heavy (non-hydrogen) atoms. The third-order valence-electron chi connectivity index (χ3n) is 2.76. The molecule has 5 heteroatoms. The van der Waals surface area contributed by atoms with Crippen molar-refractivity contribution < 1.29 is 0 Å². The maximum Gasteiger partial charge on any atom is 0.225 e. The van der Waals surface area contributed by atoms with Crippen LogP contribution in [0.4, 0.5) is 0 Å². The number of aromatic nitrogens is 3. The first kappa shape index (κ1) is 12.6. The van der Waals surface area contributed by atoms with Gasteiger partial charge in [0.2, 0.25) is 5.28 Å². The van der Waals surface area contributed by atoms with E-state index in [1.165, 1.54) is 9.75 Å². The molecule has 0 saturated carbocycles. The largest absolute Gasteiger partial charge is 0.294 e. The van der Waals surface area contributed by atoms with Crippen molar-refractivity contribution in [1.29, 1.82) is 0 Å². The van der Waals surface area contributed by atoms with Gasteiger partial charge in [-0.1, -0.05) is 6.92 Å². The van der Waals surface area contributed by atoms with Gasteiger partial charge in [-0.2, -0.15) is 0 Å². The van der Waals surface area contributed by atoms with Gasteiger partial charge in [0, 0.05) is 16.2 Å². The Labute approximate surface area is 110 Å². The van der Waals surface area contributed by atoms with Crippen molar-refractivity contribution in [3.8, 4) is 0 Å². The Kier molecular flexibility index (Phi) is 3.84. The summed E-state index contributed by atoms with van der Waals surface area (Å²) in [7, 11) is 0. The minimum atomic E-state index is 0.206. The van der Waals surface area contributed by atoms with E-state index in [0.717, 1.165) is 18.7 Å². The number of hydrogen-bond donors (Lipinski definition) is 0. The van der Waals surface area contributed by atoms with Crippen LogP contribution in [-0.4, -0.2) is 14.8 Å². The van der Waals surface area contributed by atoms with Crippen molar-refractivity contribution in [2.75, 3.05) is 0 Å². The monoisotopic (exact) mass is 269 g/mol. The van der Waals surface area contributed by atoms with E-state index in [1.54, 1.807) is 11.3 Å². The lowest BCUT2D eigenvalue weighted by molar-refractivity contribution is 0.605. The van der Waals surface area contributed by atoms with Crippen LogP contribution in [0.2, 0.25) is 5.28 Å². The van der Waals surface area contributed by atoms with Crippen molar-refractivity contribution in [3.63, 3.8) is 0 Å². The highest BCUT2D eigenvalue weighted by atomic mass is 35.5. The molecule has 0 aromatic carbocycles. The molecule has 1 unspecified atom stereocenters. The highest BCUT2D eigenvalue weighted by Crippen LogP contribution is 2.28. The molecule has 2 aromatic heterocycles. The summed E-state index contributed by atoms with van der Waals surface area (Å²) in [4.78, 5) is 2.61. The Hall–Kier alpha value is -0.870. The van der Waals surface area contributed by atoms with Crippen LogP contribution in [0, 0.1) is 6.92 Å². The van der Waals surface area contributed by atoms with Crippen LogP contribution in [0.25, 0.3) is 0 Å². The molecule has 3 nitrogen and oxygen atoms in total. The minimum absolute atomic E-state index is 0.206. The molecule has 2 heterocycles. The van der Waals surface area contributed by atoms with Crippen LogP contribution >= 0.6 is 22.9 Å². The van der Waals surface area contributed by atoms with E-state index >= 15 is 0 Å². The molecule has 0 amide bonds. The van der Waals surface area contributed by atoms with E-state index in [0.29, 0.717) is 5.28 Å². The van der Waals surface area contributed by atoms with Gasteiger partial charge < -0.3 is 0 Å². The smallest absolute Gasteiger partial charge is 0.225 e. The molecule has 0 fully saturated rings. The van der Waals surface area contributed by atoms with E-state index < -0.39 is 0 Å². The topological polar surface area (TPSA) is 30.7 Å². The van der Waals surface area contributed by atoms with E-state index in [1.807, 2.05) is 4.57 Å². The molecule has 2 aromatic rings. The van der Waals surface area contributed by atoms with Gasteiger partial charge in [0.15, 0.2) is 0 Å². The molecule has 0 bridgehead atoms. The molecule has 0 radical (unpaired) electrons. The number of nitrogens with zero attached hydrogens (tertiary/aromatic N) is 3. The number of aryl methyl sites for hydroxylation is 2. The second-order valence-corrected chi connectivity index (χ2v) is 5.79. The summed E-state index contributed by atoms with van der Waals surface area (Å²) in [5.74, 6) is 0.969. The normalized spacial score (nSPS) is 12.9. The predicted molar refractivity (Wildman–Crippen MR) is 71.9 cm³/mol. The first-order chi connectivity index (χ1) is 8.13. The fourth-order valence-corrected chi connectivity index (χ4v) is 3.09. The maximum atomic E-state index is 6.13. The van der Waals surface area contributed by atoms with Crippen LogP contribution in [0.15, 0.2) is 12.1 Å². The molecule has 0 N–H and O–H groups in total. The summed E-state index contributed by atoms with van der Waals surface area (Å²) in [5.41, 5.74) is 0. The lowest BCUT2D eigenvalue weighted by atomic mass is 10.2. The minimum Gasteiger partial charge on any atom is -0.294 e. The molecule has 92 valence electrons. The van der Waals surface area contributed by atoms with Crippen LogP contribution < -0.4 is 0 Å². The summed E-state index contributed by atoms with van der Waals surface area (Å²) >= 11 is 7.92. The average molecular weight is 270 g/mol.